The lowest BCUT2D eigenvalue weighted by molar-refractivity contribution is 0.153. The molecule has 0 aromatic heterocycles. The summed E-state index contributed by atoms with van der Waals surface area (Å²) in [5.74, 6) is 0.337. The van der Waals surface area contributed by atoms with Gasteiger partial charge in [-0.05, 0) is 49.1 Å². The topological polar surface area (TPSA) is 92.8 Å². The number of phosphoric ester groups is 1. The Morgan fingerprint density at radius 3 is 2.46 bits per heavy atom. The molecule has 2 rings (SSSR count). The Balaban J connectivity index is 1.77. The molecule has 1 aliphatic rings. The van der Waals surface area contributed by atoms with Crippen molar-refractivity contribution >= 4 is 7.82 Å². The summed E-state index contributed by atoms with van der Waals surface area (Å²) in [4.78, 5) is 17.7. The Labute approximate surface area is 157 Å². The van der Waals surface area contributed by atoms with Crippen molar-refractivity contribution in [1.82, 2.24) is 0 Å². The minimum atomic E-state index is -4.46. The number of aryl methyl sites for hydroxylation is 1. The fourth-order valence-electron chi connectivity index (χ4n) is 3.85. The summed E-state index contributed by atoms with van der Waals surface area (Å²) in [5, 5.41) is 0. The zero-order valence-electron chi connectivity index (χ0n) is 15.9. The molecule has 0 radical (unpaired) electrons. The van der Waals surface area contributed by atoms with Crippen LogP contribution in [0.15, 0.2) is 24.3 Å². The van der Waals surface area contributed by atoms with Gasteiger partial charge in [0.15, 0.2) is 0 Å². The van der Waals surface area contributed by atoms with Crippen LogP contribution in [-0.4, -0.2) is 21.9 Å². The monoisotopic (exact) mass is 383 g/mol. The van der Waals surface area contributed by atoms with Crippen LogP contribution in [0.3, 0.4) is 0 Å². The zero-order valence-corrected chi connectivity index (χ0v) is 16.8. The predicted molar refractivity (Wildman–Crippen MR) is 105 cm³/mol. The van der Waals surface area contributed by atoms with Gasteiger partial charge in [-0.25, -0.2) is 4.57 Å². The van der Waals surface area contributed by atoms with Gasteiger partial charge in [-0.2, -0.15) is 0 Å². The van der Waals surface area contributed by atoms with E-state index in [1.165, 1.54) is 49.7 Å². The summed E-state index contributed by atoms with van der Waals surface area (Å²) in [6, 6.07) is 8.80. The van der Waals surface area contributed by atoms with Gasteiger partial charge in [0, 0.05) is 5.54 Å². The normalized spacial score (nSPS) is 23.5. The van der Waals surface area contributed by atoms with Crippen molar-refractivity contribution in [1.29, 1.82) is 0 Å². The van der Waals surface area contributed by atoms with Crippen molar-refractivity contribution in [2.75, 3.05) is 6.61 Å². The number of rotatable bonds is 11. The highest BCUT2D eigenvalue weighted by Crippen LogP contribution is 2.43. The van der Waals surface area contributed by atoms with Gasteiger partial charge in [-0.15, -0.1) is 0 Å². The quantitative estimate of drug-likeness (QED) is 0.382. The molecule has 1 aromatic rings. The van der Waals surface area contributed by atoms with Crippen LogP contribution in [0.4, 0.5) is 0 Å². The fourth-order valence-corrected chi connectivity index (χ4v) is 4.28. The first-order chi connectivity index (χ1) is 12.3. The summed E-state index contributed by atoms with van der Waals surface area (Å²) < 4.78 is 15.5. The van der Waals surface area contributed by atoms with E-state index in [0.717, 1.165) is 19.3 Å². The van der Waals surface area contributed by atoms with Gasteiger partial charge in [-0.3, -0.25) is 4.52 Å². The Bertz CT molecular complexity index is 586. The Morgan fingerprint density at radius 2 is 1.81 bits per heavy atom. The minimum absolute atomic E-state index is 0.0934. The molecule has 0 unspecified atom stereocenters. The Hall–Kier alpha value is -0.710. The predicted octanol–water partition coefficient (Wildman–Crippen LogP) is 4.66. The molecule has 0 aliphatic heterocycles. The molecule has 2 atom stereocenters. The van der Waals surface area contributed by atoms with E-state index in [0.29, 0.717) is 12.3 Å². The van der Waals surface area contributed by atoms with Crippen molar-refractivity contribution in [3.63, 3.8) is 0 Å². The van der Waals surface area contributed by atoms with Crippen molar-refractivity contribution in [3.05, 3.63) is 35.4 Å². The molecule has 1 fully saturated rings. The average molecular weight is 383 g/mol. The van der Waals surface area contributed by atoms with Crippen LogP contribution >= 0.6 is 7.82 Å². The van der Waals surface area contributed by atoms with E-state index in [2.05, 4.69) is 35.7 Å². The van der Waals surface area contributed by atoms with Gasteiger partial charge >= 0.3 is 7.82 Å². The lowest BCUT2D eigenvalue weighted by Crippen LogP contribution is -2.41. The van der Waals surface area contributed by atoms with Gasteiger partial charge < -0.3 is 15.5 Å². The van der Waals surface area contributed by atoms with E-state index < -0.39 is 13.4 Å². The summed E-state index contributed by atoms with van der Waals surface area (Å²) in [5.41, 5.74) is 8.27. The molecule has 0 saturated heterocycles. The van der Waals surface area contributed by atoms with E-state index >= 15 is 0 Å². The van der Waals surface area contributed by atoms with Crippen LogP contribution in [0, 0.1) is 0 Å². The van der Waals surface area contributed by atoms with Crippen molar-refractivity contribution < 1.29 is 18.9 Å². The van der Waals surface area contributed by atoms with Gasteiger partial charge in [0.05, 0.1) is 6.61 Å². The molecule has 1 saturated carbocycles. The smallest absolute Gasteiger partial charge is 0.323 e. The fraction of sp³-hybridized carbons (Fsp3) is 0.700. The summed E-state index contributed by atoms with van der Waals surface area (Å²) >= 11 is 0. The van der Waals surface area contributed by atoms with Crippen LogP contribution < -0.4 is 5.73 Å². The van der Waals surface area contributed by atoms with Crippen LogP contribution in [0.5, 0.6) is 0 Å². The molecule has 1 aliphatic carbocycles. The number of phosphoric acid groups is 1. The second-order valence-corrected chi connectivity index (χ2v) is 9.06. The van der Waals surface area contributed by atoms with E-state index in [1.54, 1.807) is 0 Å². The number of benzene rings is 1. The lowest BCUT2D eigenvalue weighted by atomic mass is 9.92. The van der Waals surface area contributed by atoms with Crippen LogP contribution in [0.2, 0.25) is 0 Å². The molecule has 0 heterocycles. The average Bonchev–Trinajstić information content (AvgIpc) is 2.99. The maximum Gasteiger partial charge on any atom is 0.469 e. The molecule has 26 heavy (non-hydrogen) atoms. The Morgan fingerprint density at radius 1 is 1.15 bits per heavy atom. The third-order valence-electron chi connectivity index (χ3n) is 5.43. The second-order valence-electron chi connectivity index (χ2n) is 7.83. The molecule has 4 N–H and O–H groups in total. The summed E-state index contributed by atoms with van der Waals surface area (Å²) in [7, 11) is -4.46. The molecule has 1 aromatic carbocycles. The Kier molecular flexibility index (Phi) is 8.31. The first kappa shape index (κ1) is 21.6. The van der Waals surface area contributed by atoms with Crippen LogP contribution in [0.1, 0.15) is 81.8 Å². The third kappa shape index (κ3) is 7.50. The highest BCUT2D eigenvalue weighted by atomic mass is 31.2. The van der Waals surface area contributed by atoms with Gasteiger partial charge in [0.2, 0.25) is 0 Å². The highest BCUT2D eigenvalue weighted by molar-refractivity contribution is 7.46. The molecular weight excluding hydrogens is 349 g/mol. The maximum absolute atomic E-state index is 10.9. The maximum atomic E-state index is 10.9. The van der Waals surface area contributed by atoms with Crippen molar-refractivity contribution in [3.8, 4) is 0 Å². The number of hydrogen-bond donors (Lipinski definition) is 3. The SMILES string of the molecule is CCCCCCCCc1ccc([C@@H]2CC[C@](N)(COP(=O)(O)O)C2)cc1. The van der Waals surface area contributed by atoms with Crippen LogP contribution in [-0.2, 0) is 15.5 Å². The number of nitrogens with two attached hydrogens (primary N) is 1. The standard InChI is InChI=1S/C20H34NO4P/c1-2-3-4-5-6-7-8-17-9-11-18(12-10-17)19-13-14-20(21,15-19)16-25-26(22,23)24/h9-12,19H,2-8,13-16,21H2,1H3,(H2,22,23,24)/t19-,20-/m1/s1. The van der Waals surface area contributed by atoms with E-state index in [4.69, 9.17) is 15.5 Å². The molecule has 148 valence electrons. The van der Waals surface area contributed by atoms with Crippen LogP contribution in [0.25, 0.3) is 0 Å². The number of unbranched alkanes of at least 4 members (excludes halogenated alkanes) is 5. The van der Waals surface area contributed by atoms with Gasteiger partial charge in [0.1, 0.15) is 0 Å². The van der Waals surface area contributed by atoms with E-state index in [-0.39, 0.29) is 6.61 Å². The molecule has 0 bridgehead atoms. The highest BCUT2D eigenvalue weighted by Gasteiger charge is 2.38. The first-order valence-corrected chi connectivity index (χ1v) is 11.4. The molecular formula is C20H34NO4P. The van der Waals surface area contributed by atoms with E-state index in [9.17, 15) is 4.57 Å². The van der Waals surface area contributed by atoms with Crippen molar-refractivity contribution in [2.45, 2.75) is 82.6 Å². The lowest BCUT2D eigenvalue weighted by Gasteiger charge is -2.24. The largest absolute Gasteiger partial charge is 0.469 e. The zero-order chi connectivity index (χ0) is 19.0. The first-order valence-electron chi connectivity index (χ1n) is 9.89. The van der Waals surface area contributed by atoms with E-state index in [1.807, 2.05) is 0 Å². The minimum Gasteiger partial charge on any atom is -0.323 e. The third-order valence-corrected chi connectivity index (χ3v) is 5.90. The van der Waals surface area contributed by atoms with Gasteiger partial charge in [0.25, 0.3) is 0 Å². The second kappa shape index (κ2) is 10.0. The molecule has 0 amide bonds. The van der Waals surface area contributed by atoms with Crippen molar-refractivity contribution in [2.24, 2.45) is 5.73 Å². The molecule has 5 nitrogen and oxygen atoms in total. The van der Waals surface area contributed by atoms with Gasteiger partial charge in [-0.1, -0.05) is 63.3 Å². The number of hydrogen-bond acceptors (Lipinski definition) is 3. The summed E-state index contributed by atoms with van der Waals surface area (Å²) in [6.45, 7) is 2.15. The molecule has 6 heteroatoms. The summed E-state index contributed by atoms with van der Waals surface area (Å²) in [6.07, 6.45) is 11.4. The molecule has 0 spiro atoms.